The van der Waals surface area contributed by atoms with E-state index in [4.69, 9.17) is 4.74 Å². The average molecular weight is 438 g/mol. The highest BCUT2D eigenvalue weighted by Crippen LogP contribution is 2.27. The topological polar surface area (TPSA) is 79.0 Å². The molecule has 1 aliphatic rings. The van der Waals surface area contributed by atoms with Gasteiger partial charge in [-0.2, -0.15) is 12.7 Å². The highest BCUT2D eigenvalue weighted by molar-refractivity contribution is 7.90. The smallest absolute Gasteiger partial charge is 0.304 e. The average Bonchev–Trinajstić information content (AvgIpc) is 3.26. The van der Waals surface area contributed by atoms with Gasteiger partial charge < -0.3 is 10.1 Å². The first kappa shape index (κ1) is 21.6. The molecule has 2 aromatic rings. The minimum absolute atomic E-state index is 0.0919. The third kappa shape index (κ3) is 5.09. The maximum atomic E-state index is 13.3. The third-order valence-electron chi connectivity index (χ3n) is 5.02. The Kier molecular flexibility index (Phi) is 7.15. The Labute approximate surface area is 176 Å². The van der Waals surface area contributed by atoms with Crippen LogP contribution in [0.5, 0.6) is 5.75 Å². The fraction of sp³-hybridized carbons (Fsp3) is 0.450. The molecule has 158 valence electrons. The van der Waals surface area contributed by atoms with Crippen molar-refractivity contribution in [2.45, 2.75) is 26.3 Å². The second-order valence-corrected chi connectivity index (χ2v) is 9.75. The van der Waals surface area contributed by atoms with E-state index in [0.29, 0.717) is 43.9 Å². The van der Waals surface area contributed by atoms with Gasteiger partial charge in [-0.1, -0.05) is 6.07 Å². The summed E-state index contributed by atoms with van der Waals surface area (Å²) in [5.74, 6) is 0.238. The van der Waals surface area contributed by atoms with Crippen LogP contribution in [0, 0.1) is 5.92 Å². The van der Waals surface area contributed by atoms with Crippen LogP contribution in [0.15, 0.2) is 41.8 Å². The Balaban J connectivity index is 1.68. The number of ether oxygens (including phenoxy) is 1. The first-order valence-corrected chi connectivity index (χ1v) is 11.9. The standard InChI is InChI=1S/C20H27N3O4S2/c1-3-23(17-8-10-18(27-2)11-9-17)29(25,26)22-12-4-6-16(15-22)20(24)21-14-19-7-5-13-28-19/h5,7-11,13,16H,3-4,6,12,14-15H2,1-2H3,(H,21,24)/t16-/m1/s1. The summed E-state index contributed by atoms with van der Waals surface area (Å²) >= 11 is 1.59. The van der Waals surface area contributed by atoms with Gasteiger partial charge in [-0.05, 0) is 55.5 Å². The van der Waals surface area contributed by atoms with Crippen LogP contribution >= 0.6 is 11.3 Å². The van der Waals surface area contributed by atoms with Crippen molar-refractivity contribution in [2.75, 3.05) is 31.0 Å². The van der Waals surface area contributed by atoms with Crippen molar-refractivity contribution in [3.8, 4) is 5.75 Å². The molecule has 0 spiro atoms. The number of carbonyl (C=O) groups is 1. The zero-order valence-electron chi connectivity index (χ0n) is 16.7. The van der Waals surface area contributed by atoms with Crippen LogP contribution in [-0.4, -0.2) is 45.4 Å². The molecule has 1 aliphatic heterocycles. The summed E-state index contributed by atoms with van der Waals surface area (Å²) in [7, 11) is -2.15. The summed E-state index contributed by atoms with van der Waals surface area (Å²) in [6.45, 7) is 3.21. The van der Waals surface area contributed by atoms with Gasteiger partial charge in [0.1, 0.15) is 5.75 Å². The molecule has 1 fully saturated rings. The Morgan fingerprint density at radius 2 is 2.07 bits per heavy atom. The molecule has 29 heavy (non-hydrogen) atoms. The summed E-state index contributed by atoms with van der Waals surface area (Å²) in [6, 6.07) is 10.9. The lowest BCUT2D eigenvalue weighted by atomic mass is 9.99. The lowest BCUT2D eigenvalue weighted by Crippen LogP contribution is -2.50. The van der Waals surface area contributed by atoms with Crippen molar-refractivity contribution in [3.05, 3.63) is 46.7 Å². The molecule has 1 atom stereocenters. The number of hydrogen-bond donors (Lipinski definition) is 1. The molecule has 0 bridgehead atoms. The first-order valence-electron chi connectivity index (χ1n) is 9.67. The maximum Gasteiger partial charge on any atom is 0.304 e. The predicted molar refractivity (Wildman–Crippen MR) is 115 cm³/mol. The Bertz CT molecular complexity index is 898. The van der Waals surface area contributed by atoms with Gasteiger partial charge >= 0.3 is 10.2 Å². The number of piperidine rings is 1. The molecule has 1 N–H and O–H groups in total. The molecule has 0 aliphatic carbocycles. The monoisotopic (exact) mass is 437 g/mol. The molecule has 9 heteroatoms. The predicted octanol–water partition coefficient (Wildman–Crippen LogP) is 2.86. The second kappa shape index (κ2) is 9.60. The molecule has 1 aromatic carbocycles. The van der Waals surface area contributed by atoms with Crippen LogP contribution in [0.4, 0.5) is 5.69 Å². The Hall–Kier alpha value is -2.10. The quantitative estimate of drug-likeness (QED) is 0.689. The highest BCUT2D eigenvalue weighted by atomic mass is 32.2. The molecular weight excluding hydrogens is 410 g/mol. The molecule has 1 saturated heterocycles. The minimum Gasteiger partial charge on any atom is -0.497 e. The Morgan fingerprint density at radius 1 is 1.31 bits per heavy atom. The molecule has 7 nitrogen and oxygen atoms in total. The zero-order valence-corrected chi connectivity index (χ0v) is 18.3. The van der Waals surface area contributed by atoms with Crippen LogP contribution < -0.4 is 14.4 Å². The van der Waals surface area contributed by atoms with Crippen LogP contribution in [0.3, 0.4) is 0 Å². The summed E-state index contributed by atoms with van der Waals surface area (Å²) in [5.41, 5.74) is 0.581. The summed E-state index contributed by atoms with van der Waals surface area (Å²) in [5, 5.41) is 4.90. The zero-order chi connectivity index (χ0) is 20.9. The van der Waals surface area contributed by atoms with Crippen LogP contribution in [-0.2, 0) is 21.5 Å². The number of benzene rings is 1. The number of carbonyl (C=O) groups excluding carboxylic acids is 1. The molecule has 2 heterocycles. The van der Waals surface area contributed by atoms with Gasteiger partial charge in [0.25, 0.3) is 0 Å². The van der Waals surface area contributed by atoms with Crippen LogP contribution in [0.25, 0.3) is 0 Å². The SMILES string of the molecule is CCN(c1ccc(OC)cc1)S(=O)(=O)N1CCC[C@@H](C(=O)NCc2cccs2)C1. The fourth-order valence-electron chi connectivity index (χ4n) is 3.46. The van der Waals surface area contributed by atoms with Gasteiger partial charge in [0, 0.05) is 24.5 Å². The number of nitrogens with zero attached hydrogens (tertiary/aromatic N) is 2. The van der Waals surface area contributed by atoms with E-state index in [1.54, 1.807) is 49.6 Å². The van der Waals surface area contributed by atoms with Crippen molar-refractivity contribution >= 4 is 33.1 Å². The van der Waals surface area contributed by atoms with Gasteiger partial charge in [-0.3, -0.25) is 9.10 Å². The molecule has 1 amide bonds. The van der Waals surface area contributed by atoms with E-state index >= 15 is 0 Å². The van der Waals surface area contributed by atoms with E-state index in [1.807, 2.05) is 17.5 Å². The van der Waals surface area contributed by atoms with Crippen molar-refractivity contribution in [1.82, 2.24) is 9.62 Å². The van der Waals surface area contributed by atoms with Gasteiger partial charge in [-0.15, -0.1) is 11.3 Å². The number of nitrogens with one attached hydrogen (secondary N) is 1. The van der Waals surface area contributed by atoms with Gasteiger partial charge in [0.15, 0.2) is 0 Å². The number of amides is 1. The largest absolute Gasteiger partial charge is 0.497 e. The number of hydrogen-bond acceptors (Lipinski definition) is 5. The molecule has 0 unspecified atom stereocenters. The van der Waals surface area contributed by atoms with Gasteiger partial charge in [-0.25, -0.2) is 0 Å². The van der Waals surface area contributed by atoms with Crippen molar-refractivity contribution in [1.29, 1.82) is 0 Å². The number of rotatable bonds is 8. The second-order valence-electron chi connectivity index (χ2n) is 6.86. The van der Waals surface area contributed by atoms with Crippen LogP contribution in [0.1, 0.15) is 24.6 Å². The summed E-state index contributed by atoms with van der Waals surface area (Å²) in [6.07, 6.45) is 1.35. The lowest BCUT2D eigenvalue weighted by Gasteiger charge is -2.35. The third-order valence-corrected chi connectivity index (χ3v) is 7.91. The highest BCUT2D eigenvalue weighted by Gasteiger charge is 2.35. The minimum atomic E-state index is -3.72. The molecule has 0 saturated carbocycles. The normalized spacial score (nSPS) is 17.7. The molecule has 3 rings (SSSR count). The molecule has 1 aromatic heterocycles. The van der Waals surface area contributed by atoms with Crippen molar-refractivity contribution < 1.29 is 17.9 Å². The van der Waals surface area contributed by atoms with Crippen molar-refractivity contribution in [2.24, 2.45) is 5.92 Å². The van der Waals surface area contributed by atoms with E-state index < -0.39 is 10.2 Å². The van der Waals surface area contributed by atoms with E-state index in [1.165, 1.54) is 8.61 Å². The molecule has 0 radical (unpaired) electrons. The Morgan fingerprint density at radius 3 is 2.69 bits per heavy atom. The van der Waals surface area contributed by atoms with E-state index in [0.717, 1.165) is 4.88 Å². The lowest BCUT2D eigenvalue weighted by molar-refractivity contribution is -0.126. The fourth-order valence-corrected chi connectivity index (χ4v) is 5.83. The van der Waals surface area contributed by atoms with E-state index in [2.05, 4.69) is 5.32 Å². The maximum absolute atomic E-state index is 13.3. The number of methoxy groups -OCH3 is 1. The summed E-state index contributed by atoms with van der Waals surface area (Å²) in [4.78, 5) is 13.7. The first-order chi connectivity index (χ1) is 14.0. The van der Waals surface area contributed by atoms with Crippen LogP contribution in [0.2, 0.25) is 0 Å². The van der Waals surface area contributed by atoms with Gasteiger partial charge in [0.05, 0.1) is 25.3 Å². The van der Waals surface area contributed by atoms with Gasteiger partial charge in [0.2, 0.25) is 5.91 Å². The van der Waals surface area contributed by atoms with E-state index in [-0.39, 0.29) is 18.4 Å². The molecular formula is C20H27N3O4S2. The summed E-state index contributed by atoms with van der Waals surface area (Å²) < 4.78 is 34.5. The number of anilines is 1. The van der Waals surface area contributed by atoms with E-state index in [9.17, 15) is 13.2 Å². The van der Waals surface area contributed by atoms with Crippen molar-refractivity contribution in [3.63, 3.8) is 0 Å². The number of thiophene rings is 1.